The Morgan fingerprint density at radius 3 is 2.88 bits per heavy atom. The average molecular weight is 354 g/mol. The van der Waals surface area contributed by atoms with Crippen molar-refractivity contribution >= 4 is 21.7 Å². The second-order valence-electron chi connectivity index (χ2n) is 6.31. The van der Waals surface area contributed by atoms with Crippen molar-refractivity contribution in [2.24, 2.45) is 0 Å². The van der Waals surface area contributed by atoms with E-state index < -0.39 is 9.84 Å². The van der Waals surface area contributed by atoms with Gasteiger partial charge in [-0.05, 0) is 32.3 Å². The fourth-order valence-electron chi connectivity index (χ4n) is 2.94. The van der Waals surface area contributed by atoms with Crippen LogP contribution in [0.2, 0.25) is 0 Å². The standard InChI is InChI=1S/C15H22N4O4S/c1-10-7-13(14(20)16-8-12-3-2-5-23-12)19-15(17-10)18-11-4-6-24(21,22)9-11/h7,11-12H,2-6,8-9H2,1H3,(H,16,20)(H,17,18,19). The van der Waals surface area contributed by atoms with Crippen LogP contribution in [0.25, 0.3) is 0 Å². The lowest BCUT2D eigenvalue weighted by molar-refractivity contribution is 0.0853. The molecule has 0 aromatic carbocycles. The molecule has 9 heteroatoms. The molecule has 0 radical (unpaired) electrons. The first-order chi connectivity index (χ1) is 11.4. The van der Waals surface area contributed by atoms with Crippen molar-refractivity contribution in [2.45, 2.75) is 38.3 Å². The Morgan fingerprint density at radius 1 is 1.38 bits per heavy atom. The molecule has 132 valence electrons. The van der Waals surface area contributed by atoms with E-state index in [1.165, 1.54) is 0 Å². The Kier molecular flexibility index (Phi) is 5.00. The van der Waals surface area contributed by atoms with E-state index in [1.807, 2.05) is 0 Å². The molecule has 2 N–H and O–H groups in total. The summed E-state index contributed by atoms with van der Waals surface area (Å²) in [6.45, 7) is 2.98. The van der Waals surface area contributed by atoms with Gasteiger partial charge in [-0.2, -0.15) is 0 Å². The van der Waals surface area contributed by atoms with Crippen molar-refractivity contribution in [3.8, 4) is 0 Å². The van der Waals surface area contributed by atoms with Crippen LogP contribution < -0.4 is 10.6 Å². The van der Waals surface area contributed by atoms with Gasteiger partial charge in [0.25, 0.3) is 5.91 Å². The molecule has 2 saturated heterocycles. The van der Waals surface area contributed by atoms with Crippen LogP contribution in [0, 0.1) is 6.92 Å². The number of aromatic nitrogens is 2. The second-order valence-corrected chi connectivity index (χ2v) is 8.54. The molecule has 1 aromatic heterocycles. The van der Waals surface area contributed by atoms with Crippen LogP contribution >= 0.6 is 0 Å². The van der Waals surface area contributed by atoms with Crippen molar-refractivity contribution in [3.05, 3.63) is 17.5 Å². The summed E-state index contributed by atoms with van der Waals surface area (Å²) in [6, 6.07) is 1.40. The van der Waals surface area contributed by atoms with Gasteiger partial charge in [-0.3, -0.25) is 4.79 Å². The summed E-state index contributed by atoms with van der Waals surface area (Å²) >= 11 is 0. The topological polar surface area (TPSA) is 110 Å². The molecule has 2 aliphatic heterocycles. The SMILES string of the molecule is Cc1cc(C(=O)NCC2CCCO2)nc(NC2CCS(=O)(=O)C2)n1. The number of sulfone groups is 1. The van der Waals surface area contributed by atoms with Crippen LogP contribution in [0.1, 0.15) is 35.4 Å². The maximum Gasteiger partial charge on any atom is 0.270 e. The molecule has 0 saturated carbocycles. The number of nitrogens with one attached hydrogen (secondary N) is 2. The third kappa shape index (κ3) is 4.41. The molecular weight excluding hydrogens is 332 g/mol. The first-order valence-corrected chi connectivity index (χ1v) is 9.96. The molecule has 3 heterocycles. The van der Waals surface area contributed by atoms with Crippen molar-refractivity contribution in [1.29, 1.82) is 0 Å². The number of amides is 1. The third-order valence-corrected chi connectivity index (χ3v) is 5.93. The average Bonchev–Trinajstić information content (AvgIpc) is 3.13. The van der Waals surface area contributed by atoms with Crippen LogP contribution in [0.15, 0.2) is 6.07 Å². The fourth-order valence-corrected chi connectivity index (χ4v) is 4.62. The summed E-state index contributed by atoms with van der Waals surface area (Å²) in [5.74, 6) is 0.258. The van der Waals surface area contributed by atoms with Crippen LogP contribution in [-0.2, 0) is 14.6 Å². The van der Waals surface area contributed by atoms with Crippen LogP contribution in [0.4, 0.5) is 5.95 Å². The van der Waals surface area contributed by atoms with Gasteiger partial charge in [0.1, 0.15) is 5.69 Å². The van der Waals surface area contributed by atoms with Gasteiger partial charge in [-0.25, -0.2) is 18.4 Å². The zero-order chi connectivity index (χ0) is 17.2. The van der Waals surface area contributed by atoms with Gasteiger partial charge in [0.2, 0.25) is 5.95 Å². The maximum absolute atomic E-state index is 12.3. The minimum absolute atomic E-state index is 0.0678. The summed E-state index contributed by atoms with van der Waals surface area (Å²) in [4.78, 5) is 20.7. The quantitative estimate of drug-likeness (QED) is 0.782. The Balaban J connectivity index is 1.63. The molecule has 0 bridgehead atoms. The number of carbonyl (C=O) groups is 1. The van der Waals surface area contributed by atoms with Crippen molar-refractivity contribution in [3.63, 3.8) is 0 Å². The first-order valence-electron chi connectivity index (χ1n) is 8.14. The zero-order valence-corrected chi connectivity index (χ0v) is 14.4. The van der Waals surface area contributed by atoms with Crippen LogP contribution in [0.3, 0.4) is 0 Å². The van der Waals surface area contributed by atoms with E-state index in [4.69, 9.17) is 4.74 Å². The number of aryl methyl sites for hydroxylation is 1. The highest BCUT2D eigenvalue weighted by molar-refractivity contribution is 7.91. The molecule has 2 aliphatic rings. The van der Waals surface area contributed by atoms with Gasteiger partial charge in [0.15, 0.2) is 9.84 Å². The summed E-state index contributed by atoms with van der Waals surface area (Å²) in [5.41, 5.74) is 0.916. The van der Waals surface area contributed by atoms with E-state index in [0.717, 1.165) is 19.4 Å². The van der Waals surface area contributed by atoms with Crippen molar-refractivity contribution < 1.29 is 17.9 Å². The fraction of sp³-hybridized carbons (Fsp3) is 0.667. The molecule has 2 unspecified atom stereocenters. The van der Waals surface area contributed by atoms with Gasteiger partial charge in [-0.15, -0.1) is 0 Å². The van der Waals surface area contributed by atoms with E-state index in [1.54, 1.807) is 13.0 Å². The molecule has 0 aliphatic carbocycles. The van der Waals surface area contributed by atoms with E-state index in [0.29, 0.717) is 24.6 Å². The van der Waals surface area contributed by atoms with E-state index in [9.17, 15) is 13.2 Å². The molecule has 2 fully saturated rings. The Morgan fingerprint density at radius 2 is 2.21 bits per heavy atom. The number of anilines is 1. The summed E-state index contributed by atoms with van der Waals surface area (Å²) < 4.78 is 28.5. The van der Waals surface area contributed by atoms with Crippen LogP contribution in [0.5, 0.6) is 0 Å². The lowest BCUT2D eigenvalue weighted by atomic mass is 10.2. The minimum atomic E-state index is -2.98. The van der Waals surface area contributed by atoms with Crippen molar-refractivity contribution in [2.75, 3.05) is 30.0 Å². The van der Waals surface area contributed by atoms with Gasteiger partial charge < -0.3 is 15.4 Å². The largest absolute Gasteiger partial charge is 0.376 e. The molecular formula is C15H22N4O4S. The third-order valence-electron chi connectivity index (χ3n) is 4.17. The summed E-state index contributed by atoms with van der Waals surface area (Å²) in [7, 11) is -2.98. The predicted octanol–water partition coefficient (Wildman–Crippen LogP) is 0.293. The number of hydrogen-bond donors (Lipinski definition) is 2. The van der Waals surface area contributed by atoms with E-state index in [2.05, 4.69) is 20.6 Å². The first kappa shape index (κ1) is 17.1. The lowest BCUT2D eigenvalue weighted by Crippen LogP contribution is -2.32. The van der Waals surface area contributed by atoms with Crippen molar-refractivity contribution in [1.82, 2.24) is 15.3 Å². The van der Waals surface area contributed by atoms with Gasteiger partial charge in [0, 0.05) is 24.9 Å². The Labute approximate surface area is 141 Å². The molecule has 2 atom stereocenters. The van der Waals surface area contributed by atoms with Gasteiger partial charge >= 0.3 is 0 Å². The second kappa shape index (κ2) is 7.02. The van der Waals surface area contributed by atoms with Crippen LogP contribution in [-0.4, -0.2) is 61.1 Å². The predicted molar refractivity (Wildman–Crippen MR) is 88.8 cm³/mol. The number of carbonyl (C=O) groups excluding carboxylic acids is 1. The molecule has 3 rings (SSSR count). The molecule has 0 spiro atoms. The van der Waals surface area contributed by atoms with Gasteiger partial charge in [0.05, 0.1) is 17.6 Å². The highest BCUT2D eigenvalue weighted by atomic mass is 32.2. The summed E-state index contributed by atoms with van der Waals surface area (Å²) in [6.07, 6.45) is 2.57. The molecule has 24 heavy (non-hydrogen) atoms. The molecule has 8 nitrogen and oxygen atoms in total. The Bertz CT molecular complexity index is 716. The number of hydrogen-bond acceptors (Lipinski definition) is 7. The maximum atomic E-state index is 12.3. The van der Waals surface area contributed by atoms with E-state index in [-0.39, 0.29) is 35.3 Å². The van der Waals surface area contributed by atoms with Gasteiger partial charge in [-0.1, -0.05) is 0 Å². The number of nitrogens with zero attached hydrogens (tertiary/aromatic N) is 2. The monoisotopic (exact) mass is 354 g/mol. The zero-order valence-electron chi connectivity index (χ0n) is 13.6. The minimum Gasteiger partial charge on any atom is -0.376 e. The Hall–Kier alpha value is -1.74. The number of ether oxygens (including phenoxy) is 1. The smallest absolute Gasteiger partial charge is 0.270 e. The molecule has 1 amide bonds. The highest BCUT2D eigenvalue weighted by Gasteiger charge is 2.28. The summed E-state index contributed by atoms with van der Waals surface area (Å²) in [5, 5.41) is 5.85. The normalized spacial score (nSPS) is 25.5. The van der Waals surface area contributed by atoms with E-state index >= 15 is 0 Å². The lowest BCUT2D eigenvalue weighted by Gasteiger charge is -2.13. The number of rotatable bonds is 5. The molecule has 1 aromatic rings. The highest BCUT2D eigenvalue weighted by Crippen LogP contribution is 2.16.